The molecule has 0 spiro atoms. The van der Waals surface area contributed by atoms with Crippen molar-refractivity contribution in [1.29, 1.82) is 0 Å². The van der Waals surface area contributed by atoms with E-state index in [1.165, 1.54) is 0 Å². The highest BCUT2D eigenvalue weighted by atomic mass is 32.1. The SMILES string of the molecule is CC(c1nccs1)C1CNC(=O)C1. The normalized spacial score (nSPS) is 24.4. The Kier molecular flexibility index (Phi) is 2.31. The molecule has 1 aromatic rings. The molecule has 1 aliphatic heterocycles. The number of carbonyl (C=O) groups excluding carboxylic acids is 1. The van der Waals surface area contributed by atoms with Gasteiger partial charge in [-0.15, -0.1) is 11.3 Å². The van der Waals surface area contributed by atoms with Gasteiger partial charge in [0.15, 0.2) is 0 Å². The Labute approximate surface area is 81.2 Å². The number of thiazole rings is 1. The van der Waals surface area contributed by atoms with E-state index in [2.05, 4.69) is 17.2 Å². The summed E-state index contributed by atoms with van der Waals surface area (Å²) in [7, 11) is 0. The van der Waals surface area contributed by atoms with Crippen molar-refractivity contribution in [1.82, 2.24) is 10.3 Å². The molecule has 13 heavy (non-hydrogen) atoms. The van der Waals surface area contributed by atoms with Crippen molar-refractivity contribution in [2.24, 2.45) is 5.92 Å². The summed E-state index contributed by atoms with van der Waals surface area (Å²) < 4.78 is 0. The summed E-state index contributed by atoms with van der Waals surface area (Å²) >= 11 is 1.67. The second-order valence-corrected chi connectivity index (χ2v) is 4.35. The average Bonchev–Trinajstić information content (AvgIpc) is 2.72. The van der Waals surface area contributed by atoms with Crippen molar-refractivity contribution in [3.8, 4) is 0 Å². The minimum Gasteiger partial charge on any atom is -0.356 e. The van der Waals surface area contributed by atoms with Crippen molar-refractivity contribution in [3.63, 3.8) is 0 Å². The zero-order chi connectivity index (χ0) is 9.26. The van der Waals surface area contributed by atoms with E-state index in [1.54, 1.807) is 11.3 Å². The van der Waals surface area contributed by atoms with Crippen molar-refractivity contribution in [2.45, 2.75) is 19.3 Å². The molecule has 3 nitrogen and oxygen atoms in total. The van der Waals surface area contributed by atoms with Crippen molar-refractivity contribution in [3.05, 3.63) is 16.6 Å². The lowest BCUT2D eigenvalue weighted by Crippen LogP contribution is -2.15. The van der Waals surface area contributed by atoms with Crippen LogP contribution in [0, 0.1) is 5.92 Å². The predicted molar refractivity (Wildman–Crippen MR) is 51.6 cm³/mol. The maximum atomic E-state index is 11.0. The molecular formula is C9H12N2OS. The number of nitrogens with zero attached hydrogens (tertiary/aromatic N) is 1. The van der Waals surface area contributed by atoms with E-state index < -0.39 is 0 Å². The van der Waals surface area contributed by atoms with Crippen LogP contribution in [0.2, 0.25) is 0 Å². The molecule has 70 valence electrons. The van der Waals surface area contributed by atoms with Gasteiger partial charge in [-0.3, -0.25) is 4.79 Å². The summed E-state index contributed by atoms with van der Waals surface area (Å²) in [5.41, 5.74) is 0. The van der Waals surface area contributed by atoms with E-state index in [0.717, 1.165) is 11.6 Å². The molecule has 0 aromatic carbocycles. The molecule has 1 aliphatic rings. The lowest BCUT2D eigenvalue weighted by atomic mass is 9.94. The van der Waals surface area contributed by atoms with Crippen LogP contribution in [0.25, 0.3) is 0 Å². The molecule has 1 amide bonds. The highest BCUT2D eigenvalue weighted by Gasteiger charge is 2.28. The van der Waals surface area contributed by atoms with Crippen LogP contribution in [0.1, 0.15) is 24.3 Å². The number of hydrogen-bond acceptors (Lipinski definition) is 3. The maximum Gasteiger partial charge on any atom is 0.220 e. The molecule has 1 fully saturated rings. The third-order valence-corrected chi connectivity index (χ3v) is 3.53. The lowest BCUT2D eigenvalue weighted by Gasteiger charge is -2.13. The minimum absolute atomic E-state index is 0.174. The summed E-state index contributed by atoms with van der Waals surface area (Å²) in [4.78, 5) is 15.3. The zero-order valence-electron chi connectivity index (χ0n) is 7.49. The molecule has 2 rings (SSSR count). The second-order valence-electron chi connectivity index (χ2n) is 3.43. The van der Waals surface area contributed by atoms with E-state index in [-0.39, 0.29) is 5.91 Å². The molecular weight excluding hydrogens is 184 g/mol. The Morgan fingerprint density at radius 2 is 2.62 bits per heavy atom. The lowest BCUT2D eigenvalue weighted by molar-refractivity contribution is -0.119. The number of amides is 1. The first kappa shape index (κ1) is 8.69. The van der Waals surface area contributed by atoms with Crippen LogP contribution >= 0.6 is 11.3 Å². The fourth-order valence-electron chi connectivity index (χ4n) is 1.64. The van der Waals surface area contributed by atoms with Gasteiger partial charge >= 0.3 is 0 Å². The van der Waals surface area contributed by atoms with Gasteiger partial charge in [0, 0.05) is 30.5 Å². The highest BCUT2D eigenvalue weighted by molar-refractivity contribution is 7.09. The van der Waals surface area contributed by atoms with E-state index in [9.17, 15) is 4.79 Å². The Morgan fingerprint density at radius 3 is 3.15 bits per heavy atom. The molecule has 1 N–H and O–H groups in total. The van der Waals surface area contributed by atoms with E-state index in [4.69, 9.17) is 0 Å². The number of aromatic nitrogens is 1. The first-order chi connectivity index (χ1) is 6.27. The van der Waals surface area contributed by atoms with Gasteiger partial charge in [-0.1, -0.05) is 6.92 Å². The first-order valence-electron chi connectivity index (χ1n) is 4.43. The standard InChI is InChI=1S/C9H12N2OS/c1-6(9-10-2-3-13-9)7-4-8(12)11-5-7/h2-3,6-7H,4-5H2,1H3,(H,11,12). The number of rotatable bonds is 2. The Bertz CT molecular complexity index is 297. The highest BCUT2D eigenvalue weighted by Crippen LogP contribution is 2.29. The van der Waals surface area contributed by atoms with Crippen LogP contribution in [0.5, 0.6) is 0 Å². The van der Waals surface area contributed by atoms with Gasteiger partial charge < -0.3 is 5.32 Å². The van der Waals surface area contributed by atoms with Crippen molar-refractivity contribution in [2.75, 3.05) is 6.54 Å². The summed E-state index contributed by atoms with van der Waals surface area (Å²) in [5, 5.41) is 5.97. The van der Waals surface area contributed by atoms with Crippen LogP contribution in [-0.2, 0) is 4.79 Å². The first-order valence-corrected chi connectivity index (χ1v) is 5.31. The van der Waals surface area contributed by atoms with Gasteiger partial charge in [0.2, 0.25) is 5.91 Å². The van der Waals surface area contributed by atoms with Gasteiger partial charge in [-0.05, 0) is 5.92 Å². The van der Waals surface area contributed by atoms with Crippen LogP contribution < -0.4 is 5.32 Å². The quantitative estimate of drug-likeness (QED) is 0.776. The van der Waals surface area contributed by atoms with Crippen LogP contribution in [-0.4, -0.2) is 17.4 Å². The molecule has 2 heterocycles. The molecule has 0 aliphatic carbocycles. The summed E-state index contributed by atoms with van der Waals surface area (Å²) in [6.45, 7) is 2.95. The summed E-state index contributed by atoms with van der Waals surface area (Å²) in [5.74, 6) is 1.01. The van der Waals surface area contributed by atoms with Crippen LogP contribution in [0.15, 0.2) is 11.6 Å². The summed E-state index contributed by atoms with van der Waals surface area (Å²) in [6.07, 6.45) is 2.47. The topological polar surface area (TPSA) is 42.0 Å². The van der Waals surface area contributed by atoms with Gasteiger partial charge in [-0.2, -0.15) is 0 Å². The van der Waals surface area contributed by atoms with Gasteiger partial charge in [0.25, 0.3) is 0 Å². The third-order valence-electron chi connectivity index (χ3n) is 2.56. The number of carbonyl (C=O) groups is 1. The molecule has 1 aromatic heterocycles. The van der Waals surface area contributed by atoms with Gasteiger partial charge in [0.1, 0.15) is 0 Å². The molecule has 2 unspecified atom stereocenters. The Balaban J connectivity index is 2.05. The van der Waals surface area contributed by atoms with E-state index in [1.807, 2.05) is 11.6 Å². The molecule has 1 saturated heterocycles. The molecule has 0 bridgehead atoms. The fourth-order valence-corrected chi connectivity index (χ4v) is 2.43. The molecule has 0 radical (unpaired) electrons. The Morgan fingerprint density at radius 1 is 1.77 bits per heavy atom. The van der Waals surface area contributed by atoms with Crippen LogP contribution in [0.4, 0.5) is 0 Å². The second kappa shape index (κ2) is 3.46. The monoisotopic (exact) mass is 196 g/mol. The van der Waals surface area contributed by atoms with Crippen LogP contribution in [0.3, 0.4) is 0 Å². The maximum absolute atomic E-state index is 11.0. The minimum atomic E-state index is 0.174. The molecule has 0 saturated carbocycles. The summed E-state index contributed by atoms with van der Waals surface area (Å²) in [6, 6.07) is 0. The largest absolute Gasteiger partial charge is 0.356 e. The van der Waals surface area contributed by atoms with E-state index in [0.29, 0.717) is 18.3 Å². The number of nitrogens with one attached hydrogen (secondary N) is 1. The number of hydrogen-bond donors (Lipinski definition) is 1. The van der Waals surface area contributed by atoms with Gasteiger partial charge in [0.05, 0.1) is 5.01 Å². The third kappa shape index (κ3) is 1.72. The zero-order valence-corrected chi connectivity index (χ0v) is 8.30. The van der Waals surface area contributed by atoms with Crippen molar-refractivity contribution >= 4 is 17.2 Å². The Hall–Kier alpha value is -0.900. The smallest absolute Gasteiger partial charge is 0.220 e. The van der Waals surface area contributed by atoms with E-state index >= 15 is 0 Å². The molecule has 4 heteroatoms. The average molecular weight is 196 g/mol. The van der Waals surface area contributed by atoms with Crippen molar-refractivity contribution < 1.29 is 4.79 Å². The van der Waals surface area contributed by atoms with Gasteiger partial charge in [-0.25, -0.2) is 4.98 Å². The molecule has 2 atom stereocenters. The predicted octanol–water partition coefficient (Wildman–Crippen LogP) is 1.38. The fraction of sp³-hybridized carbons (Fsp3) is 0.556.